The Bertz CT molecular complexity index is 1260. The highest BCUT2D eigenvalue weighted by Crippen LogP contribution is 2.28. The molecule has 0 aliphatic heterocycles. The normalized spacial score (nSPS) is 10.5. The number of aryl methyl sites for hydroxylation is 1. The number of ether oxygens (including phenoxy) is 1. The first kappa shape index (κ1) is 26.3. The number of aromatic hydroxyl groups is 1. The van der Waals surface area contributed by atoms with Crippen LogP contribution >= 0.6 is 0 Å². The van der Waals surface area contributed by atoms with Crippen LogP contribution in [0.5, 0.6) is 5.75 Å². The number of ketones is 1. The number of phenols is 1. The smallest absolute Gasteiger partial charge is 0.338 e. The van der Waals surface area contributed by atoms with Crippen LogP contribution in [0.25, 0.3) is 0 Å². The van der Waals surface area contributed by atoms with Crippen molar-refractivity contribution in [3.63, 3.8) is 0 Å². The van der Waals surface area contributed by atoms with Crippen LogP contribution in [0.15, 0.2) is 60.7 Å². The number of anilines is 1. The SMILES string of the molecule is CCN(CC)c1ccc(C(=O)c2ccccc2C(=O)OCCCc2ccc(C=O)c(C=O)c2)c(O)c1. The number of hydrogen-bond acceptors (Lipinski definition) is 7. The molecule has 36 heavy (non-hydrogen) atoms. The summed E-state index contributed by atoms with van der Waals surface area (Å²) in [6.45, 7) is 5.65. The van der Waals surface area contributed by atoms with Crippen LogP contribution in [-0.4, -0.2) is 49.1 Å². The minimum absolute atomic E-state index is 0.107. The lowest BCUT2D eigenvalue weighted by atomic mass is 9.97. The first-order valence-electron chi connectivity index (χ1n) is 11.9. The Kier molecular flexibility index (Phi) is 9.11. The van der Waals surface area contributed by atoms with Crippen LogP contribution in [0.3, 0.4) is 0 Å². The van der Waals surface area contributed by atoms with Gasteiger partial charge in [-0.3, -0.25) is 14.4 Å². The zero-order valence-electron chi connectivity index (χ0n) is 20.4. The van der Waals surface area contributed by atoms with Crippen LogP contribution in [-0.2, 0) is 11.2 Å². The third-order valence-corrected chi connectivity index (χ3v) is 5.99. The molecule has 0 saturated heterocycles. The number of nitrogens with zero attached hydrogens (tertiary/aromatic N) is 1. The van der Waals surface area contributed by atoms with E-state index in [9.17, 15) is 24.3 Å². The number of benzene rings is 3. The van der Waals surface area contributed by atoms with Crippen LogP contribution in [0.2, 0.25) is 0 Å². The van der Waals surface area contributed by atoms with E-state index in [1.807, 2.05) is 13.8 Å². The van der Waals surface area contributed by atoms with Crippen LogP contribution < -0.4 is 4.90 Å². The minimum Gasteiger partial charge on any atom is -0.507 e. The van der Waals surface area contributed by atoms with Gasteiger partial charge in [0.05, 0.1) is 17.7 Å². The van der Waals surface area contributed by atoms with Crippen LogP contribution in [0, 0.1) is 0 Å². The average molecular weight is 488 g/mol. The highest BCUT2D eigenvalue weighted by atomic mass is 16.5. The summed E-state index contributed by atoms with van der Waals surface area (Å²) in [6.07, 6.45) is 2.30. The lowest BCUT2D eigenvalue weighted by Gasteiger charge is -2.21. The van der Waals surface area contributed by atoms with Gasteiger partial charge in [0.15, 0.2) is 18.4 Å². The molecule has 3 aromatic rings. The topological polar surface area (TPSA) is 101 Å². The first-order valence-corrected chi connectivity index (χ1v) is 11.9. The van der Waals surface area contributed by atoms with Crippen molar-refractivity contribution in [3.05, 3.63) is 94.0 Å². The van der Waals surface area contributed by atoms with Gasteiger partial charge < -0.3 is 14.7 Å². The lowest BCUT2D eigenvalue weighted by Crippen LogP contribution is -2.21. The quantitative estimate of drug-likeness (QED) is 0.168. The molecule has 0 aromatic heterocycles. The molecule has 3 aromatic carbocycles. The summed E-state index contributed by atoms with van der Waals surface area (Å²) in [5, 5.41) is 10.5. The van der Waals surface area contributed by atoms with E-state index in [-0.39, 0.29) is 29.0 Å². The molecule has 0 fully saturated rings. The fourth-order valence-electron chi connectivity index (χ4n) is 4.01. The van der Waals surface area contributed by atoms with Crippen molar-refractivity contribution < 1.29 is 29.0 Å². The minimum atomic E-state index is -0.636. The zero-order chi connectivity index (χ0) is 26.1. The van der Waals surface area contributed by atoms with Crippen LogP contribution in [0.4, 0.5) is 5.69 Å². The molecule has 0 saturated carbocycles. The largest absolute Gasteiger partial charge is 0.507 e. The first-order chi connectivity index (χ1) is 17.4. The molecule has 186 valence electrons. The van der Waals surface area contributed by atoms with Gasteiger partial charge in [-0.05, 0) is 56.5 Å². The van der Waals surface area contributed by atoms with E-state index in [1.165, 1.54) is 12.1 Å². The highest BCUT2D eigenvalue weighted by molar-refractivity contribution is 6.15. The van der Waals surface area contributed by atoms with E-state index in [0.29, 0.717) is 36.5 Å². The average Bonchev–Trinajstić information content (AvgIpc) is 2.91. The van der Waals surface area contributed by atoms with Gasteiger partial charge >= 0.3 is 5.97 Å². The third kappa shape index (κ3) is 6.05. The monoisotopic (exact) mass is 487 g/mol. The summed E-state index contributed by atoms with van der Waals surface area (Å²) < 4.78 is 5.40. The summed E-state index contributed by atoms with van der Waals surface area (Å²) in [6, 6.07) is 16.2. The van der Waals surface area contributed by atoms with E-state index >= 15 is 0 Å². The van der Waals surface area contributed by atoms with E-state index in [1.54, 1.807) is 48.5 Å². The molecule has 0 aliphatic carbocycles. The van der Waals surface area contributed by atoms with E-state index < -0.39 is 11.8 Å². The van der Waals surface area contributed by atoms with E-state index in [0.717, 1.165) is 24.3 Å². The van der Waals surface area contributed by atoms with Crippen molar-refractivity contribution in [2.45, 2.75) is 26.7 Å². The maximum atomic E-state index is 13.2. The molecule has 0 aliphatic rings. The predicted octanol–water partition coefficient (Wildman–Crippen LogP) is 4.88. The van der Waals surface area contributed by atoms with Gasteiger partial charge in [0.2, 0.25) is 0 Å². The Morgan fingerprint density at radius 2 is 1.56 bits per heavy atom. The highest BCUT2D eigenvalue weighted by Gasteiger charge is 2.22. The molecule has 0 bridgehead atoms. The molecule has 1 N–H and O–H groups in total. The zero-order valence-corrected chi connectivity index (χ0v) is 20.4. The van der Waals surface area contributed by atoms with E-state index in [4.69, 9.17) is 4.74 Å². The number of rotatable bonds is 12. The number of carbonyl (C=O) groups is 4. The fraction of sp³-hybridized carbons (Fsp3) is 0.241. The Hall–Kier alpha value is -4.26. The second kappa shape index (κ2) is 12.4. The number of hydrogen-bond donors (Lipinski definition) is 1. The summed E-state index contributed by atoms with van der Waals surface area (Å²) in [7, 11) is 0. The molecular formula is C29H29NO6. The standard InChI is InChI=1S/C29H29NO6/c1-3-30(4-2)23-13-14-26(27(33)17-23)28(34)24-9-5-6-10-25(24)29(35)36-15-7-8-20-11-12-21(18-31)22(16-20)19-32/h5-6,9-14,16-19,33H,3-4,7-8,15H2,1-2H3. The molecule has 0 amide bonds. The van der Waals surface area contributed by atoms with Crippen molar-refractivity contribution >= 4 is 30.0 Å². The van der Waals surface area contributed by atoms with Crippen molar-refractivity contribution in [1.82, 2.24) is 0 Å². The van der Waals surface area contributed by atoms with Gasteiger partial charge in [0, 0.05) is 41.5 Å². The Morgan fingerprint density at radius 3 is 2.19 bits per heavy atom. The summed E-state index contributed by atoms with van der Waals surface area (Å²) >= 11 is 0. The van der Waals surface area contributed by atoms with Crippen molar-refractivity contribution in [3.8, 4) is 5.75 Å². The van der Waals surface area contributed by atoms with Crippen LogP contribution in [0.1, 0.15) is 72.8 Å². The van der Waals surface area contributed by atoms with E-state index in [2.05, 4.69) is 4.90 Å². The molecular weight excluding hydrogens is 458 g/mol. The fourth-order valence-corrected chi connectivity index (χ4v) is 4.01. The molecule has 7 heteroatoms. The molecule has 3 rings (SSSR count). The van der Waals surface area contributed by atoms with Gasteiger partial charge in [-0.25, -0.2) is 4.79 Å². The third-order valence-electron chi connectivity index (χ3n) is 5.99. The molecule has 0 heterocycles. The number of aldehydes is 2. The maximum absolute atomic E-state index is 13.2. The Balaban J connectivity index is 1.68. The molecule has 0 unspecified atom stereocenters. The second-order valence-electron chi connectivity index (χ2n) is 8.19. The molecule has 0 spiro atoms. The second-order valence-corrected chi connectivity index (χ2v) is 8.19. The van der Waals surface area contributed by atoms with Crippen molar-refractivity contribution in [2.75, 3.05) is 24.6 Å². The molecule has 0 radical (unpaired) electrons. The van der Waals surface area contributed by atoms with Gasteiger partial charge in [0.1, 0.15) is 5.75 Å². The predicted molar refractivity (Wildman–Crippen MR) is 137 cm³/mol. The summed E-state index contributed by atoms with van der Waals surface area (Å²) in [5.74, 6) is -1.26. The maximum Gasteiger partial charge on any atom is 0.338 e. The van der Waals surface area contributed by atoms with Gasteiger partial charge in [-0.15, -0.1) is 0 Å². The lowest BCUT2D eigenvalue weighted by molar-refractivity contribution is 0.0497. The summed E-state index contributed by atoms with van der Waals surface area (Å²) in [4.78, 5) is 50.1. The van der Waals surface area contributed by atoms with Gasteiger partial charge in [-0.2, -0.15) is 0 Å². The van der Waals surface area contributed by atoms with Gasteiger partial charge in [0.25, 0.3) is 0 Å². The Morgan fingerprint density at radius 1 is 0.861 bits per heavy atom. The van der Waals surface area contributed by atoms with Gasteiger partial charge in [-0.1, -0.05) is 30.3 Å². The molecule has 7 nitrogen and oxygen atoms in total. The summed E-state index contributed by atoms with van der Waals surface area (Å²) in [5.41, 5.74) is 2.67. The van der Waals surface area contributed by atoms with Crippen molar-refractivity contribution in [2.24, 2.45) is 0 Å². The molecule has 0 atom stereocenters. The van der Waals surface area contributed by atoms with Crippen molar-refractivity contribution in [1.29, 1.82) is 0 Å². The number of esters is 1. The number of carbonyl (C=O) groups excluding carboxylic acids is 4. The Labute approximate surface area is 210 Å². The number of phenolic OH excluding ortho intramolecular Hbond substituents is 1.